The number of carbonyl (C=O) groups is 3. The van der Waals surface area contributed by atoms with E-state index in [2.05, 4.69) is 4.74 Å². The number of nitrogens with zero attached hydrogens (tertiary/aromatic N) is 1. The number of amides is 1. The Bertz CT molecular complexity index is 342. The number of rotatable bonds is 7. The standard InChI is InChI=1S/C13H21NO5/c1-18-12(16)6-4-3-5-9-14-10(13(17)19-2)7-8-11(14)15/h10H,3-9H2,1-2H3. The van der Waals surface area contributed by atoms with E-state index in [-0.39, 0.29) is 17.8 Å². The van der Waals surface area contributed by atoms with Gasteiger partial charge in [-0.1, -0.05) is 6.42 Å². The summed E-state index contributed by atoms with van der Waals surface area (Å²) in [6.07, 6.45) is 3.67. The summed E-state index contributed by atoms with van der Waals surface area (Å²) < 4.78 is 9.24. The van der Waals surface area contributed by atoms with Gasteiger partial charge in [0.15, 0.2) is 0 Å². The first-order chi connectivity index (χ1) is 9.10. The van der Waals surface area contributed by atoms with E-state index in [1.807, 2.05) is 0 Å². The first-order valence-corrected chi connectivity index (χ1v) is 6.54. The molecule has 1 aliphatic heterocycles. The molecule has 19 heavy (non-hydrogen) atoms. The van der Waals surface area contributed by atoms with Gasteiger partial charge in [-0.3, -0.25) is 9.59 Å². The second kappa shape index (κ2) is 7.76. The molecule has 1 amide bonds. The largest absolute Gasteiger partial charge is 0.469 e. The summed E-state index contributed by atoms with van der Waals surface area (Å²) in [6, 6.07) is -0.432. The fourth-order valence-corrected chi connectivity index (χ4v) is 2.23. The smallest absolute Gasteiger partial charge is 0.328 e. The minimum absolute atomic E-state index is 0.00312. The van der Waals surface area contributed by atoms with Crippen LogP contribution in [0.3, 0.4) is 0 Å². The van der Waals surface area contributed by atoms with Gasteiger partial charge in [-0.15, -0.1) is 0 Å². The van der Waals surface area contributed by atoms with Gasteiger partial charge in [0.2, 0.25) is 5.91 Å². The Labute approximate surface area is 113 Å². The first-order valence-electron chi connectivity index (χ1n) is 6.54. The summed E-state index contributed by atoms with van der Waals surface area (Å²) >= 11 is 0. The minimum atomic E-state index is -0.432. The average Bonchev–Trinajstić information content (AvgIpc) is 2.78. The number of likely N-dealkylation sites (tertiary alicyclic amines) is 1. The van der Waals surface area contributed by atoms with Crippen LogP contribution < -0.4 is 0 Å². The summed E-state index contributed by atoms with van der Waals surface area (Å²) in [4.78, 5) is 35.7. The van der Waals surface area contributed by atoms with E-state index in [0.717, 1.165) is 19.3 Å². The van der Waals surface area contributed by atoms with Gasteiger partial charge >= 0.3 is 11.9 Å². The van der Waals surface area contributed by atoms with Gasteiger partial charge in [-0.25, -0.2) is 4.79 Å². The molecule has 1 aliphatic rings. The molecule has 0 saturated carbocycles. The van der Waals surface area contributed by atoms with Crippen molar-refractivity contribution in [2.45, 2.75) is 44.6 Å². The van der Waals surface area contributed by atoms with Crippen LogP contribution in [0.4, 0.5) is 0 Å². The summed E-state index contributed by atoms with van der Waals surface area (Å²) in [5.74, 6) is -0.562. The molecule has 0 aromatic heterocycles. The zero-order valence-corrected chi connectivity index (χ0v) is 11.5. The molecule has 1 rings (SSSR count). The van der Waals surface area contributed by atoms with Crippen LogP contribution in [0.1, 0.15) is 38.5 Å². The van der Waals surface area contributed by atoms with Crippen LogP contribution in [-0.2, 0) is 23.9 Å². The zero-order chi connectivity index (χ0) is 14.3. The first kappa shape index (κ1) is 15.5. The van der Waals surface area contributed by atoms with E-state index in [0.29, 0.717) is 25.8 Å². The molecule has 1 atom stereocenters. The second-order valence-corrected chi connectivity index (χ2v) is 4.55. The van der Waals surface area contributed by atoms with Crippen LogP contribution in [0, 0.1) is 0 Å². The second-order valence-electron chi connectivity index (χ2n) is 4.55. The molecule has 1 saturated heterocycles. The maximum Gasteiger partial charge on any atom is 0.328 e. The predicted molar refractivity (Wildman–Crippen MR) is 67.2 cm³/mol. The molecule has 0 aliphatic carbocycles. The summed E-state index contributed by atoms with van der Waals surface area (Å²) in [5, 5.41) is 0. The minimum Gasteiger partial charge on any atom is -0.469 e. The van der Waals surface area contributed by atoms with Gasteiger partial charge in [0.05, 0.1) is 14.2 Å². The Kier molecular flexibility index (Phi) is 6.32. The van der Waals surface area contributed by atoms with Gasteiger partial charge in [0, 0.05) is 19.4 Å². The highest BCUT2D eigenvalue weighted by atomic mass is 16.5. The van der Waals surface area contributed by atoms with E-state index in [9.17, 15) is 14.4 Å². The lowest BCUT2D eigenvalue weighted by molar-refractivity contribution is -0.149. The molecule has 108 valence electrons. The normalized spacial score (nSPS) is 18.5. The number of hydrogen-bond donors (Lipinski definition) is 0. The van der Waals surface area contributed by atoms with Crippen LogP contribution in [0.2, 0.25) is 0 Å². The third-order valence-electron chi connectivity index (χ3n) is 3.31. The molecule has 1 unspecified atom stereocenters. The summed E-state index contributed by atoms with van der Waals surface area (Å²) in [6.45, 7) is 0.541. The van der Waals surface area contributed by atoms with Crippen molar-refractivity contribution < 1.29 is 23.9 Å². The van der Waals surface area contributed by atoms with Crippen LogP contribution in [0.25, 0.3) is 0 Å². The van der Waals surface area contributed by atoms with Crippen molar-refractivity contribution in [3.8, 4) is 0 Å². The monoisotopic (exact) mass is 271 g/mol. The molecule has 0 aromatic carbocycles. The van der Waals surface area contributed by atoms with Crippen molar-refractivity contribution in [1.29, 1.82) is 0 Å². The lowest BCUT2D eigenvalue weighted by atomic mass is 10.1. The number of methoxy groups -OCH3 is 2. The lowest BCUT2D eigenvalue weighted by Crippen LogP contribution is -2.39. The topological polar surface area (TPSA) is 72.9 Å². The van der Waals surface area contributed by atoms with Gasteiger partial charge in [-0.2, -0.15) is 0 Å². The molecular formula is C13H21NO5. The maximum absolute atomic E-state index is 11.7. The zero-order valence-electron chi connectivity index (χ0n) is 11.5. The summed E-state index contributed by atoms with van der Waals surface area (Å²) in [7, 11) is 2.70. The molecule has 6 heteroatoms. The highest BCUT2D eigenvalue weighted by Crippen LogP contribution is 2.20. The van der Waals surface area contributed by atoms with E-state index in [1.54, 1.807) is 4.90 Å². The van der Waals surface area contributed by atoms with E-state index < -0.39 is 6.04 Å². The van der Waals surface area contributed by atoms with Crippen molar-refractivity contribution in [2.75, 3.05) is 20.8 Å². The molecule has 1 fully saturated rings. The highest BCUT2D eigenvalue weighted by molar-refractivity contribution is 5.88. The average molecular weight is 271 g/mol. The molecular weight excluding hydrogens is 250 g/mol. The van der Waals surface area contributed by atoms with Gasteiger partial charge in [0.1, 0.15) is 6.04 Å². The van der Waals surface area contributed by atoms with Crippen molar-refractivity contribution in [2.24, 2.45) is 0 Å². The summed E-state index contributed by atoms with van der Waals surface area (Å²) in [5.41, 5.74) is 0. The Morgan fingerprint density at radius 2 is 1.95 bits per heavy atom. The molecule has 1 heterocycles. The van der Waals surface area contributed by atoms with Gasteiger partial charge in [0.25, 0.3) is 0 Å². The van der Waals surface area contributed by atoms with Gasteiger partial charge in [-0.05, 0) is 19.3 Å². The van der Waals surface area contributed by atoms with E-state index in [1.165, 1.54) is 14.2 Å². The van der Waals surface area contributed by atoms with Crippen molar-refractivity contribution >= 4 is 17.8 Å². The molecule has 6 nitrogen and oxygen atoms in total. The fourth-order valence-electron chi connectivity index (χ4n) is 2.23. The van der Waals surface area contributed by atoms with Crippen LogP contribution in [-0.4, -0.2) is 49.6 Å². The SMILES string of the molecule is COC(=O)CCCCCN1C(=O)CCC1C(=O)OC. The molecule has 0 radical (unpaired) electrons. The molecule has 0 N–H and O–H groups in total. The third-order valence-corrected chi connectivity index (χ3v) is 3.31. The highest BCUT2D eigenvalue weighted by Gasteiger charge is 2.36. The number of hydrogen-bond acceptors (Lipinski definition) is 5. The Hall–Kier alpha value is -1.59. The number of carbonyl (C=O) groups excluding carboxylic acids is 3. The predicted octanol–water partition coefficient (Wildman–Crippen LogP) is 0.884. The number of unbranched alkanes of at least 4 members (excludes halogenated alkanes) is 2. The quantitative estimate of drug-likeness (QED) is 0.508. The molecule has 0 spiro atoms. The fraction of sp³-hybridized carbons (Fsp3) is 0.769. The molecule has 0 bridgehead atoms. The van der Waals surface area contributed by atoms with Crippen LogP contribution >= 0.6 is 0 Å². The van der Waals surface area contributed by atoms with E-state index in [4.69, 9.17) is 4.74 Å². The van der Waals surface area contributed by atoms with Crippen LogP contribution in [0.15, 0.2) is 0 Å². The third kappa shape index (κ3) is 4.54. The van der Waals surface area contributed by atoms with Crippen LogP contribution in [0.5, 0.6) is 0 Å². The Balaban J connectivity index is 2.28. The van der Waals surface area contributed by atoms with Crippen molar-refractivity contribution in [3.05, 3.63) is 0 Å². The lowest BCUT2D eigenvalue weighted by Gasteiger charge is -2.22. The van der Waals surface area contributed by atoms with Crippen molar-refractivity contribution in [1.82, 2.24) is 4.90 Å². The maximum atomic E-state index is 11.7. The Morgan fingerprint density at radius 3 is 2.58 bits per heavy atom. The number of esters is 2. The number of ether oxygens (including phenoxy) is 2. The molecule has 0 aromatic rings. The van der Waals surface area contributed by atoms with Gasteiger partial charge < -0.3 is 14.4 Å². The van der Waals surface area contributed by atoms with E-state index >= 15 is 0 Å². The Morgan fingerprint density at radius 1 is 1.21 bits per heavy atom. The van der Waals surface area contributed by atoms with Crippen molar-refractivity contribution in [3.63, 3.8) is 0 Å².